The molecule has 0 aliphatic rings. The van der Waals surface area contributed by atoms with Crippen molar-refractivity contribution >= 4 is 17.5 Å². The topological polar surface area (TPSA) is 74.5 Å². The summed E-state index contributed by atoms with van der Waals surface area (Å²) < 4.78 is 16.0. The van der Waals surface area contributed by atoms with Crippen LogP contribution in [0.25, 0.3) is 0 Å². The van der Waals surface area contributed by atoms with Gasteiger partial charge in [0.05, 0.1) is 12.9 Å². The molecule has 20 heavy (non-hydrogen) atoms. The van der Waals surface area contributed by atoms with E-state index in [0.717, 1.165) is 0 Å². The molecule has 106 valence electrons. The summed E-state index contributed by atoms with van der Waals surface area (Å²) in [5, 5.41) is 8.04. The molecule has 6 nitrogen and oxygen atoms in total. The van der Waals surface area contributed by atoms with Crippen molar-refractivity contribution < 1.29 is 18.7 Å². The Balaban J connectivity index is 1.88. The third-order valence-electron chi connectivity index (χ3n) is 2.25. The highest BCUT2D eigenvalue weighted by atomic mass is 32.2. The van der Waals surface area contributed by atoms with Gasteiger partial charge in [-0.05, 0) is 19.1 Å². The molecule has 2 aromatic rings. The van der Waals surface area contributed by atoms with Crippen molar-refractivity contribution in [3.05, 3.63) is 30.2 Å². The number of hydrogen-bond acceptors (Lipinski definition) is 7. The minimum Gasteiger partial charge on any atom is -0.497 e. The first-order valence-electron chi connectivity index (χ1n) is 5.89. The summed E-state index contributed by atoms with van der Waals surface area (Å²) in [7, 11) is 1.59. The van der Waals surface area contributed by atoms with Crippen molar-refractivity contribution in [3.8, 4) is 11.5 Å². The lowest BCUT2D eigenvalue weighted by Gasteiger charge is -2.05. The van der Waals surface area contributed by atoms with Gasteiger partial charge in [0.1, 0.15) is 17.3 Å². The largest absolute Gasteiger partial charge is 0.497 e. The second-order valence-electron chi connectivity index (χ2n) is 3.92. The Labute approximate surface area is 120 Å². The van der Waals surface area contributed by atoms with E-state index in [4.69, 9.17) is 13.9 Å². The number of ketones is 1. The van der Waals surface area contributed by atoms with E-state index in [1.54, 1.807) is 13.2 Å². The van der Waals surface area contributed by atoms with E-state index in [1.807, 2.05) is 18.2 Å². The molecular formula is C13H14N2O4S. The fraction of sp³-hybridized carbons (Fsp3) is 0.308. The molecule has 7 heteroatoms. The Morgan fingerprint density at radius 3 is 2.90 bits per heavy atom. The number of carbonyl (C=O) groups is 1. The number of aromatic nitrogens is 2. The lowest BCUT2D eigenvalue weighted by molar-refractivity contribution is -0.114. The predicted molar refractivity (Wildman–Crippen MR) is 73.0 cm³/mol. The quantitative estimate of drug-likeness (QED) is 0.725. The molecule has 0 unspecified atom stereocenters. The number of methoxy groups -OCH3 is 1. The van der Waals surface area contributed by atoms with Crippen LogP contribution in [0.5, 0.6) is 11.5 Å². The van der Waals surface area contributed by atoms with Crippen molar-refractivity contribution in [1.82, 2.24) is 10.2 Å². The van der Waals surface area contributed by atoms with Crippen LogP contribution in [-0.2, 0) is 11.4 Å². The summed E-state index contributed by atoms with van der Waals surface area (Å²) in [6, 6.07) is 7.23. The third-order valence-corrected chi connectivity index (χ3v) is 3.21. The van der Waals surface area contributed by atoms with Crippen LogP contribution in [0.4, 0.5) is 0 Å². The van der Waals surface area contributed by atoms with Gasteiger partial charge in [0.2, 0.25) is 0 Å². The molecule has 1 heterocycles. The summed E-state index contributed by atoms with van der Waals surface area (Å²) in [5.41, 5.74) is 0. The first kappa shape index (κ1) is 14.4. The SMILES string of the molecule is COc1cccc(OCc2nnc(SCC(C)=O)o2)c1. The van der Waals surface area contributed by atoms with Gasteiger partial charge >= 0.3 is 0 Å². The van der Waals surface area contributed by atoms with Crippen LogP contribution >= 0.6 is 11.8 Å². The van der Waals surface area contributed by atoms with E-state index in [1.165, 1.54) is 18.7 Å². The zero-order valence-corrected chi connectivity index (χ0v) is 12.0. The first-order chi connectivity index (χ1) is 9.67. The van der Waals surface area contributed by atoms with Gasteiger partial charge in [0, 0.05) is 6.07 Å². The number of nitrogens with zero attached hydrogens (tertiary/aromatic N) is 2. The van der Waals surface area contributed by atoms with Crippen LogP contribution in [0.3, 0.4) is 0 Å². The molecule has 0 aliphatic carbocycles. The molecule has 0 amide bonds. The lowest BCUT2D eigenvalue weighted by Crippen LogP contribution is -1.96. The second-order valence-corrected chi connectivity index (χ2v) is 4.85. The van der Waals surface area contributed by atoms with Crippen LogP contribution < -0.4 is 9.47 Å². The minimum absolute atomic E-state index is 0.0578. The molecule has 0 aliphatic heterocycles. The smallest absolute Gasteiger partial charge is 0.277 e. The summed E-state index contributed by atoms with van der Waals surface area (Å²) in [4.78, 5) is 10.8. The molecule has 0 bridgehead atoms. The lowest BCUT2D eigenvalue weighted by atomic mass is 10.3. The monoisotopic (exact) mass is 294 g/mol. The van der Waals surface area contributed by atoms with Crippen LogP contribution in [-0.4, -0.2) is 28.8 Å². The Morgan fingerprint density at radius 2 is 2.15 bits per heavy atom. The van der Waals surface area contributed by atoms with Crippen LogP contribution in [0.2, 0.25) is 0 Å². The number of thioether (sulfide) groups is 1. The number of rotatable bonds is 7. The third kappa shape index (κ3) is 4.27. The first-order valence-corrected chi connectivity index (χ1v) is 6.87. The maximum Gasteiger partial charge on any atom is 0.277 e. The summed E-state index contributed by atoms with van der Waals surface area (Å²) in [5.74, 6) is 2.10. The van der Waals surface area contributed by atoms with Gasteiger partial charge in [-0.15, -0.1) is 10.2 Å². The van der Waals surface area contributed by atoms with E-state index in [-0.39, 0.29) is 12.4 Å². The molecule has 0 N–H and O–H groups in total. The standard InChI is InChI=1S/C13H14N2O4S/c1-9(16)8-20-13-15-14-12(19-13)7-18-11-5-3-4-10(6-11)17-2/h3-6H,7-8H2,1-2H3. The van der Waals surface area contributed by atoms with Crippen molar-refractivity contribution in [2.75, 3.05) is 12.9 Å². The Morgan fingerprint density at radius 1 is 1.35 bits per heavy atom. The molecule has 0 saturated carbocycles. The van der Waals surface area contributed by atoms with Crippen molar-refractivity contribution in [1.29, 1.82) is 0 Å². The highest BCUT2D eigenvalue weighted by Crippen LogP contribution is 2.21. The van der Waals surface area contributed by atoms with Crippen molar-refractivity contribution in [2.24, 2.45) is 0 Å². The van der Waals surface area contributed by atoms with Gasteiger partial charge in [-0.1, -0.05) is 17.8 Å². The predicted octanol–water partition coefficient (Wildman–Crippen LogP) is 2.34. The average molecular weight is 294 g/mol. The maximum atomic E-state index is 10.8. The van der Waals surface area contributed by atoms with Gasteiger partial charge in [-0.25, -0.2) is 0 Å². The Hall–Kier alpha value is -2.02. The molecule has 2 rings (SSSR count). The van der Waals surface area contributed by atoms with E-state index in [9.17, 15) is 4.79 Å². The number of benzene rings is 1. The Bertz CT molecular complexity index is 585. The molecule has 1 aromatic carbocycles. The van der Waals surface area contributed by atoms with E-state index < -0.39 is 0 Å². The zero-order valence-electron chi connectivity index (χ0n) is 11.2. The second kappa shape index (κ2) is 6.95. The van der Waals surface area contributed by atoms with Crippen molar-refractivity contribution in [2.45, 2.75) is 18.8 Å². The Kier molecular flexibility index (Phi) is 5.00. The fourth-order valence-corrected chi connectivity index (χ4v) is 1.93. The number of ether oxygens (including phenoxy) is 2. The van der Waals surface area contributed by atoms with Gasteiger partial charge in [0.15, 0.2) is 6.61 Å². The number of hydrogen-bond donors (Lipinski definition) is 0. The number of Topliss-reactive ketones (excluding diaryl/α,β-unsaturated/α-hetero) is 1. The summed E-state index contributed by atoms with van der Waals surface area (Å²) >= 11 is 1.21. The summed E-state index contributed by atoms with van der Waals surface area (Å²) in [6.07, 6.45) is 0. The average Bonchev–Trinajstić information content (AvgIpc) is 2.91. The fourth-order valence-electron chi connectivity index (χ4n) is 1.35. The highest BCUT2D eigenvalue weighted by molar-refractivity contribution is 7.99. The van der Waals surface area contributed by atoms with Gasteiger partial charge < -0.3 is 13.9 Å². The molecule has 0 radical (unpaired) electrons. The van der Waals surface area contributed by atoms with Gasteiger partial charge in [-0.3, -0.25) is 4.79 Å². The molecule has 0 spiro atoms. The zero-order chi connectivity index (χ0) is 14.4. The van der Waals surface area contributed by atoms with Gasteiger partial charge in [0.25, 0.3) is 11.1 Å². The molecule has 0 atom stereocenters. The van der Waals surface area contributed by atoms with Crippen LogP contribution in [0.15, 0.2) is 33.9 Å². The molecular weight excluding hydrogens is 280 g/mol. The van der Waals surface area contributed by atoms with E-state index in [2.05, 4.69) is 10.2 Å². The molecule has 0 saturated heterocycles. The van der Waals surface area contributed by atoms with E-state index in [0.29, 0.717) is 28.4 Å². The molecule has 0 fully saturated rings. The minimum atomic E-state index is 0.0578. The van der Waals surface area contributed by atoms with Crippen LogP contribution in [0.1, 0.15) is 12.8 Å². The normalized spacial score (nSPS) is 10.3. The number of carbonyl (C=O) groups excluding carboxylic acids is 1. The highest BCUT2D eigenvalue weighted by Gasteiger charge is 2.08. The molecule has 1 aromatic heterocycles. The summed E-state index contributed by atoms with van der Waals surface area (Å²) in [6.45, 7) is 1.68. The maximum absolute atomic E-state index is 10.8. The van der Waals surface area contributed by atoms with Gasteiger partial charge in [-0.2, -0.15) is 0 Å². The van der Waals surface area contributed by atoms with Crippen molar-refractivity contribution in [3.63, 3.8) is 0 Å². The van der Waals surface area contributed by atoms with E-state index >= 15 is 0 Å². The van der Waals surface area contributed by atoms with Crippen LogP contribution in [0, 0.1) is 0 Å².